The maximum atomic E-state index is 11.2. The fraction of sp³-hybridized carbons (Fsp3) is 0.385. The highest BCUT2D eigenvalue weighted by Gasteiger charge is 2.12. The molecule has 1 aromatic heterocycles. The second-order valence-corrected chi connectivity index (χ2v) is 5.19. The second kappa shape index (κ2) is 8.76. The van der Waals surface area contributed by atoms with Crippen LogP contribution in [0.2, 0.25) is 0 Å². The Kier molecular flexibility index (Phi) is 7.01. The number of carbonyl (C=O) groups is 1. The fourth-order valence-electron chi connectivity index (χ4n) is 1.58. The number of aryl methyl sites for hydroxylation is 1. The molecule has 0 aliphatic rings. The van der Waals surface area contributed by atoms with Crippen LogP contribution in [0, 0.1) is 18.3 Å². The smallest absolute Gasteiger partial charge is 0.234 e. The van der Waals surface area contributed by atoms with Crippen molar-refractivity contribution >= 4 is 28.3 Å². The van der Waals surface area contributed by atoms with Crippen LogP contribution < -0.4 is 22.1 Å². The van der Waals surface area contributed by atoms with E-state index in [4.69, 9.17) is 16.7 Å². The molecule has 0 radical (unpaired) electrons. The Hall–Kier alpha value is -2.44. The zero-order valence-corrected chi connectivity index (χ0v) is 13.3. The Morgan fingerprint density at radius 1 is 1.68 bits per heavy atom. The molecule has 0 aliphatic carbocycles. The van der Waals surface area contributed by atoms with E-state index in [1.165, 1.54) is 17.7 Å². The summed E-state index contributed by atoms with van der Waals surface area (Å²) in [4.78, 5) is 15.4. The summed E-state index contributed by atoms with van der Waals surface area (Å²) in [6, 6.07) is 3.32. The van der Waals surface area contributed by atoms with E-state index in [1.54, 1.807) is 0 Å². The molecule has 0 saturated heterocycles. The van der Waals surface area contributed by atoms with Crippen LogP contribution in [0.25, 0.3) is 0 Å². The van der Waals surface area contributed by atoms with Gasteiger partial charge < -0.3 is 16.8 Å². The van der Waals surface area contributed by atoms with Crippen molar-refractivity contribution in [2.24, 2.45) is 16.5 Å². The van der Waals surface area contributed by atoms with E-state index in [-0.39, 0.29) is 12.2 Å². The summed E-state index contributed by atoms with van der Waals surface area (Å²) in [6.45, 7) is 3.83. The molecule has 118 valence electrons. The molecule has 0 spiro atoms. The van der Waals surface area contributed by atoms with E-state index in [2.05, 4.69) is 20.0 Å². The van der Waals surface area contributed by atoms with E-state index < -0.39 is 11.9 Å². The number of anilines is 1. The fourth-order valence-corrected chi connectivity index (χ4v) is 2.24. The lowest BCUT2D eigenvalue weighted by molar-refractivity contribution is -0.120. The first-order valence-corrected chi connectivity index (χ1v) is 7.39. The van der Waals surface area contributed by atoms with Gasteiger partial charge in [-0.2, -0.15) is 9.64 Å². The quantitative estimate of drug-likeness (QED) is 0.326. The van der Waals surface area contributed by atoms with Gasteiger partial charge in [-0.1, -0.05) is 6.92 Å². The van der Waals surface area contributed by atoms with Crippen molar-refractivity contribution < 1.29 is 4.79 Å². The number of hydrogen-bond acceptors (Lipinski definition) is 7. The highest BCUT2D eigenvalue weighted by Crippen LogP contribution is 2.16. The van der Waals surface area contributed by atoms with Gasteiger partial charge in [0.1, 0.15) is 22.5 Å². The van der Waals surface area contributed by atoms with E-state index in [1.807, 2.05) is 26.0 Å². The lowest BCUT2D eigenvalue weighted by atomic mass is 10.2. The number of nitrogens with one attached hydrogen (secondary N) is 2. The number of amidine groups is 1. The van der Waals surface area contributed by atoms with Crippen molar-refractivity contribution in [1.29, 1.82) is 5.26 Å². The third kappa shape index (κ3) is 5.16. The Bertz CT molecular complexity index is 614. The molecular weight excluding hydrogens is 302 g/mol. The van der Waals surface area contributed by atoms with Gasteiger partial charge in [-0.25, -0.2) is 0 Å². The maximum Gasteiger partial charge on any atom is 0.234 e. The highest BCUT2D eigenvalue weighted by atomic mass is 32.1. The standard InChI is InChI=1S/C13H19N7OS/c1-3-10(12(16)21)17-7-18-13(9(5-14)6-15)19-11-4-8(2)20-22-11/h4-5,10,17H,3,7,14H2,1-2H3,(H2,16,21)(H,18,19)/b9-5-/t10-/m1/s1. The summed E-state index contributed by atoms with van der Waals surface area (Å²) in [6.07, 6.45) is 1.73. The van der Waals surface area contributed by atoms with Crippen molar-refractivity contribution in [2.45, 2.75) is 26.3 Å². The first kappa shape index (κ1) is 17.6. The summed E-state index contributed by atoms with van der Waals surface area (Å²) in [5.74, 6) is -0.138. The number of primary amides is 1. The van der Waals surface area contributed by atoms with Crippen LogP contribution in [0.15, 0.2) is 22.8 Å². The Labute approximate surface area is 133 Å². The second-order valence-electron chi connectivity index (χ2n) is 4.38. The average Bonchev–Trinajstić information content (AvgIpc) is 2.89. The average molecular weight is 321 g/mol. The Morgan fingerprint density at radius 3 is 2.86 bits per heavy atom. The topological polar surface area (TPSA) is 142 Å². The van der Waals surface area contributed by atoms with Crippen LogP contribution in [0.4, 0.5) is 5.00 Å². The van der Waals surface area contributed by atoms with Crippen molar-refractivity contribution in [2.75, 3.05) is 12.0 Å². The summed E-state index contributed by atoms with van der Waals surface area (Å²) in [7, 11) is 0. The molecule has 8 nitrogen and oxygen atoms in total. The molecule has 9 heteroatoms. The van der Waals surface area contributed by atoms with Gasteiger partial charge in [0.05, 0.1) is 18.4 Å². The minimum Gasteiger partial charge on any atom is -0.403 e. The number of nitrogens with two attached hydrogens (primary N) is 2. The number of rotatable bonds is 7. The summed E-state index contributed by atoms with van der Waals surface area (Å²) < 4.78 is 4.14. The molecule has 1 rings (SSSR count). The monoisotopic (exact) mass is 321 g/mol. The molecule has 1 amide bonds. The van der Waals surface area contributed by atoms with Crippen LogP contribution in [-0.2, 0) is 4.79 Å². The molecule has 0 aromatic carbocycles. The number of aliphatic imine (C=N–C) groups is 1. The highest BCUT2D eigenvalue weighted by molar-refractivity contribution is 7.10. The first-order valence-electron chi connectivity index (χ1n) is 6.61. The lowest BCUT2D eigenvalue weighted by Gasteiger charge is -2.12. The van der Waals surface area contributed by atoms with Gasteiger partial charge in [-0.05, 0) is 30.9 Å². The van der Waals surface area contributed by atoms with E-state index >= 15 is 0 Å². The normalized spacial score (nSPS) is 13.5. The molecule has 0 saturated carbocycles. The largest absolute Gasteiger partial charge is 0.403 e. The van der Waals surface area contributed by atoms with Gasteiger partial charge in [0, 0.05) is 6.20 Å². The Morgan fingerprint density at radius 2 is 2.41 bits per heavy atom. The lowest BCUT2D eigenvalue weighted by Crippen LogP contribution is -2.41. The summed E-state index contributed by atoms with van der Waals surface area (Å²) in [5, 5.41) is 15.7. The number of nitrogens with zero attached hydrogens (tertiary/aromatic N) is 3. The van der Waals surface area contributed by atoms with Crippen molar-refractivity contribution in [3.63, 3.8) is 0 Å². The molecule has 1 heterocycles. The van der Waals surface area contributed by atoms with Gasteiger partial charge in [0.15, 0.2) is 0 Å². The van der Waals surface area contributed by atoms with Crippen LogP contribution in [0.3, 0.4) is 0 Å². The summed E-state index contributed by atoms with van der Waals surface area (Å²) >= 11 is 1.25. The van der Waals surface area contributed by atoms with E-state index in [0.717, 1.165) is 10.7 Å². The molecule has 0 fully saturated rings. The van der Waals surface area contributed by atoms with Gasteiger partial charge in [0.2, 0.25) is 5.91 Å². The number of nitriles is 1. The van der Waals surface area contributed by atoms with Gasteiger partial charge >= 0.3 is 0 Å². The summed E-state index contributed by atoms with van der Waals surface area (Å²) in [5.41, 5.74) is 11.7. The van der Waals surface area contributed by atoms with Crippen LogP contribution in [0.1, 0.15) is 19.0 Å². The minimum absolute atomic E-state index is 0.126. The maximum absolute atomic E-state index is 11.2. The molecule has 0 unspecified atom stereocenters. The third-order valence-electron chi connectivity index (χ3n) is 2.74. The molecule has 1 aromatic rings. The van der Waals surface area contributed by atoms with Crippen molar-refractivity contribution in [3.8, 4) is 6.07 Å². The number of carbonyl (C=O) groups excluding carboxylic acids is 1. The molecule has 22 heavy (non-hydrogen) atoms. The zero-order chi connectivity index (χ0) is 16.5. The van der Waals surface area contributed by atoms with Gasteiger partial charge in [-0.15, -0.1) is 0 Å². The first-order chi connectivity index (χ1) is 10.5. The Balaban J connectivity index is 2.84. The van der Waals surface area contributed by atoms with Crippen molar-refractivity contribution in [3.05, 3.63) is 23.5 Å². The zero-order valence-electron chi connectivity index (χ0n) is 12.5. The van der Waals surface area contributed by atoms with Crippen molar-refractivity contribution in [1.82, 2.24) is 9.69 Å². The predicted molar refractivity (Wildman–Crippen MR) is 87.1 cm³/mol. The number of amides is 1. The number of aromatic nitrogens is 1. The van der Waals surface area contributed by atoms with E-state index in [9.17, 15) is 4.79 Å². The van der Waals surface area contributed by atoms with Crippen LogP contribution >= 0.6 is 11.5 Å². The molecule has 0 bridgehead atoms. The number of hydrogen-bond donors (Lipinski definition) is 4. The van der Waals surface area contributed by atoms with Gasteiger partial charge in [-0.3, -0.25) is 15.1 Å². The van der Waals surface area contributed by atoms with Gasteiger partial charge in [0.25, 0.3) is 0 Å². The van der Waals surface area contributed by atoms with Crippen LogP contribution in [0.5, 0.6) is 0 Å². The molecule has 1 atom stereocenters. The minimum atomic E-state index is -0.469. The molecular formula is C13H19N7OS. The SMILES string of the molecule is CC[C@@H](NC/N=C(Nc1cc(C)ns1)\C(C#N)=C/N)C(N)=O. The van der Waals surface area contributed by atoms with Crippen LogP contribution in [-0.4, -0.2) is 28.8 Å². The molecule has 0 aliphatic heterocycles. The third-order valence-corrected chi connectivity index (χ3v) is 3.53. The van der Waals surface area contributed by atoms with E-state index in [0.29, 0.717) is 12.3 Å². The predicted octanol–water partition coefficient (Wildman–Crippen LogP) is 0.439. The molecule has 6 N–H and O–H groups in total.